The normalized spacial score (nSPS) is 21.9. The molecule has 3 aliphatic rings. The van der Waals surface area contributed by atoms with E-state index < -0.39 is 0 Å². The average Bonchev–Trinajstić information content (AvgIpc) is 3.52. The molecule has 0 bridgehead atoms. The number of aromatic amines is 1. The van der Waals surface area contributed by atoms with Crippen LogP contribution in [0.4, 0.5) is 5.69 Å². The predicted octanol–water partition coefficient (Wildman–Crippen LogP) is 3.91. The third-order valence-electron chi connectivity index (χ3n) is 8.21. The average molecular weight is 549 g/mol. The van der Waals surface area contributed by atoms with Gasteiger partial charge in [-0.15, -0.1) is 0 Å². The van der Waals surface area contributed by atoms with Gasteiger partial charge in [0.05, 0.1) is 5.92 Å². The van der Waals surface area contributed by atoms with Gasteiger partial charge in [-0.25, -0.2) is 0 Å². The van der Waals surface area contributed by atoms with Gasteiger partial charge in [-0.05, 0) is 49.4 Å². The number of pyridine rings is 1. The topological polar surface area (TPSA) is 86.0 Å². The van der Waals surface area contributed by atoms with Crippen molar-refractivity contribution in [1.29, 1.82) is 0 Å². The highest BCUT2D eigenvalue weighted by molar-refractivity contribution is 6.31. The summed E-state index contributed by atoms with van der Waals surface area (Å²) in [4.78, 5) is 48.7. The van der Waals surface area contributed by atoms with Gasteiger partial charge in [0, 0.05) is 67.4 Å². The maximum Gasteiger partial charge on any atom is 0.272 e. The minimum absolute atomic E-state index is 0.0486. The Labute approximate surface area is 232 Å². The van der Waals surface area contributed by atoms with Crippen LogP contribution in [0.15, 0.2) is 53.3 Å². The molecule has 9 heteroatoms. The van der Waals surface area contributed by atoms with Crippen molar-refractivity contribution in [2.45, 2.75) is 31.8 Å². The van der Waals surface area contributed by atoms with Gasteiger partial charge in [0.2, 0.25) is 5.91 Å². The molecule has 2 amide bonds. The van der Waals surface area contributed by atoms with E-state index in [-0.39, 0.29) is 29.4 Å². The Bertz CT molecular complexity index is 1430. The zero-order valence-corrected chi connectivity index (χ0v) is 22.7. The molecule has 3 saturated heterocycles. The second-order valence-corrected chi connectivity index (χ2v) is 11.1. The van der Waals surface area contributed by atoms with E-state index in [2.05, 4.69) is 9.88 Å². The van der Waals surface area contributed by atoms with E-state index in [1.807, 2.05) is 52.3 Å². The second kappa shape index (κ2) is 11.0. The predicted molar refractivity (Wildman–Crippen MR) is 152 cm³/mol. The molecule has 1 aromatic heterocycles. The highest BCUT2D eigenvalue weighted by Crippen LogP contribution is 2.37. The summed E-state index contributed by atoms with van der Waals surface area (Å²) in [5.41, 5.74) is 2.92. The Morgan fingerprint density at radius 2 is 1.64 bits per heavy atom. The lowest BCUT2D eigenvalue weighted by Gasteiger charge is -2.40. The van der Waals surface area contributed by atoms with Gasteiger partial charge in [0.15, 0.2) is 0 Å². The molecule has 3 aromatic rings. The molecule has 3 aliphatic heterocycles. The van der Waals surface area contributed by atoms with Crippen LogP contribution in [0.5, 0.6) is 0 Å². The van der Waals surface area contributed by atoms with Gasteiger partial charge in [-0.1, -0.05) is 41.9 Å². The SMILES string of the molecule is O=C([C@H]1CCCN(c2c(-c3ccccc3)c3cc(Cl)ccc3[nH]c2=O)C1)N1CCN(C(=O)[C@@H]2CCCO2)CC1. The molecule has 2 atom stereocenters. The summed E-state index contributed by atoms with van der Waals surface area (Å²) >= 11 is 6.39. The van der Waals surface area contributed by atoms with Crippen LogP contribution in [0.3, 0.4) is 0 Å². The molecule has 6 rings (SSSR count). The summed E-state index contributed by atoms with van der Waals surface area (Å²) in [6, 6.07) is 15.4. The highest BCUT2D eigenvalue weighted by Gasteiger charge is 2.35. The van der Waals surface area contributed by atoms with Crippen molar-refractivity contribution in [3.63, 3.8) is 0 Å². The van der Waals surface area contributed by atoms with Crippen LogP contribution in [-0.4, -0.2) is 78.6 Å². The fourth-order valence-electron chi connectivity index (χ4n) is 6.22. The summed E-state index contributed by atoms with van der Waals surface area (Å²) in [7, 11) is 0. The molecule has 0 spiro atoms. The number of piperazine rings is 1. The maximum absolute atomic E-state index is 13.6. The number of fused-ring (bicyclic) bond motifs is 1. The number of nitrogens with zero attached hydrogens (tertiary/aromatic N) is 3. The molecular formula is C30H33ClN4O4. The van der Waals surface area contributed by atoms with Crippen LogP contribution in [0.25, 0.3) is 22.0 Å². The number of amides is 2. The number of aromatic nitrogens is 1. The molecule has 0 aliphatic carbocycles. The van der Waals surface area contributed by atoms with Crippen molar-refractivity contribution >= 4 is 40.0 Å². The number of ether oxygens (including phenoxy) is 1. The summed E-state index contributed by atoms with van der Waals surface area (Å²) in [5, 5.41) is 1.48. The standard InChI is InChI=1S/C30H33ClN4O4/c31-22-10-11-24-23(18-22)26(20-6-2-1-3-7-20)27(28(36)32-24)35-12-4-8-21(19-35)29(37)33-13-15-34(16-14-33)30(38)25-9-5-17-39-25/h1-3,6-7,10-11,18,21,25H,4-5,8-9,12-17,19H2,(H,32,36)/t21-,25-/m0/s1. The van der Waals surface area contributed by atoms with Crippen molar-refractivity contribution in [3.05, 3.63) is 63.9 Å². The van der Waals surface area contributed by atoms with Crippen LogP contribution >= 0.6 is 11.6 Å². The summed E-state index contributed by atoms with van der Waals surface area (Å²) in [6.45, 7) is 3.93. The van der Waals surface area contributed by atoms with E-state index in [0.717, 1.165) is 47.7 Å². The lowest BCUT2D eigenvalue weighted by Crippen LogP contribution is -2.55. The van der Waals surface area contributed by atoms with Crippen molar-refractivity contribution in [1.82, 2.24) is 14.8 Å². The second-order valence-electron chi connectivity index (χ2n) is 10.7. The molecule has 4 heterocycles. The first-order valence-corrected chi connectivity index (χ1v) is 14.2. The Balaban J connectivity index is 1.23. The zero-order chi connectivity index (χ0) is 26.9. The largest absolute Gasteiger partial charge is 0.368 e. The minimum atomic E-state index is -0.326. The van der Waals surface area contributed by atoms with Crippen LogP contribution in [0.2, 0.25) is 5.02 Å². The van der Waals surface area contributed by atoms with Gasteiger partial charge in [0.1, 0.15) is 11.8 Å². The van der Waals surface area contributed by atoms with Gasteiger partial charge in [0.25, 0.3) is 11.5 Å². The first-order chi connectivity index (χ1) is 19.0. The monoisotopic (exact) mass is 548 g/mol. The number of benzene rings is 2. The van der Waals surface area contributed by atoms with Crippen molar-refractivity contribution < 1.29 is 14.3 Å². The van der Waals surface area contributed by atoms with Crippen LogP contribution in [-0.2, 0) is 14.3 Å². The Hall–Kier alpha value is -3.36. The fraction of sp³-hybridized carbons (Fsp3) is 0.433. The Morgan fingerprint density at radius 1 is 0.897 bits per heavy atom. The quantitative estimate of drug-likeness (QED) is 0.534. The maximum atomic E-state index is 13.6. The van der Waals surface area contributed by atoms with E-state index in [1.165, 1.54) is 0 Å². The van der Waals surface area contributed by atoms with Gasteiger partial charge in [-0.3, -0.25) is 14.4 Å². The van der Waals surface area contributed by atoms with Crippen molar-refractivity contribution in [2.24, 2.45) is 5.92 Å². The first kappa shape index (κ1) is 25.9. The van der Waals surface area contributed by atoms with E-state index in [1.54, 1.807) is 6.07 Å². The number of carbonyl (C=O) groups is 2. The molecule has 39 heavy (non-hydrogen) atoms. The number of rotatable bonds is 4. The third-order valence-corrected chi connectivity index (χ3v) is 8.44. The number of anilines is 1. The molecule has 0 radical (unpaired) electrons. The number of hydrogen-bond donors (Lipinski definition) is 1. The highest BCUT2D eigenvalue weighted by atomic mass is 35.5. The Morgan fingerprint density at radius 3 is 2.36 bits per heavy atom. The molecule has 204 valence electrons. The minimum Gasteiger partial charge on any atom is -0.368 e. The number of nitrogens with one attached hydrogen (secondary N) is 1. The third kappa shape index (κ3) is 5.15. The first-order valence-electron chi connectivity index (χ1n) is 13.8. The van der Waals surface area contributed by atoms with E-state index in [0.29, 0.717) is 56.6 Å². The lowest BCUT2D eigenvalue weighted by atomic mass is 9.93. The molecule has 2 aromatic carbocycles. The number of halogens is 1. The number of piperidine rings is 1. The van der Waals surface area contributed by atoms with Crippen molar-refractivity contribution in [2.75, 3.05) is 50.8 Å². The van der Waals surface area contributed by atoms with Crippen LogP contribution < -0.4 is 10.5 Å². The van der Waals surface area contributed by atoms with Gasteiger partial charge >= 0.3 is 0 Å². The van der Waals surface area contributed by atoms with E-state index >= 15 is 0 Å². The Kier molecular flexibility index (Phi) is 7.32. The molecule has 1 N–H and O–H groups in total. The number of hydrogen-bond acceptors (Lipinski definition) is 5. The smallest absolute Gasteiger partial charge is 0.272 e. The van der Waals surface area contributed by atoms with Gasteiger partial charge < -0.3 is 24.4 Å². The zero-order valence-electron chi connectivity index (χ0n) is 21.9. The molecule has 8 nitrogen and oxygen atoms in total. The molecule has 0 saturated carbocycles. The van der Waals surface area contributed by atoms with E-state index in [9.17, 15) is 14.4 Å². The summed E-state index contributed by atoms with van der Waals surface area (Å²) in [5.74, 6) is -0.0600. The van der Waals surface area contributed by atoms with Crippen LogP contribution in [0.1, 0.15) is 25.7 Å². The summed E-state index contributed by atoms with van der Waals surface area (Å²) < 4.78 is 5.56. The van der Waals surface area contributed by atoms with Crippen LogP contribution in [0, 0.1) is 5.92 Å². The lowest BCUT2D eigenvalue weighted by molar-refractivity contribution is -0.147. The fourth-order valence-corrected chi connectivity index (χ4v) is 6.39. The summed E-state index contributed by atoms with van der Waals surface area (Å²) in [6.07, 6.45) is 2.97. The number of carbonyl (C=O) groups excluding carboxylic acids is 2. The van der Waals surface area contributed by atoms with E-state index in [4.69, 9.17) is 16.3 Å². The van der Waals surface area contributed by atoms with Crippen molar-refractivity contribution in [3.8, 4) is 11.1 Å². The molecule has 0 unspecified atom stereocenters. The molecular weight excluding hydrogens is 516 g/mol. The molecule has 3 fully saturated rings. The van der Waals surface area contributed by atoms with Gasteiger partial charge in [-0.2, -0.15) is 0 Å². The number of H-pyrrole nitrogens is 1.